The second kappa shape index (κ2) is 7.31. The van der Waals surface area contributed by atoms with E-state index < -0.39 is 6.10 Å². The van der Waals surface area contributed by atoms with Crippen LogP contribution in [0.3, 0.4) is 0 Å². The van der Waals surface area contributed by atoms with Crippen LogP contribution in [-0.2, 0) is 0 Å². The molecule has 24 heavy (non-hydrogen) atoms. The summed E-state index contributed by atoms with van der Waals surface area (Å²) in [5.41, 5.74) is 0. The number of aromatic nitrogens is 4. The molecule has 2 aromatic rings. The summed E-state index contributed by atoms with van der Waals surface area (Å²) >= 11 is 5.64. The third-order valence-electron chi connectivity index (χ3n) is 4.00. The fraction of sp³-hybridized carbons (Fsp3) is 0.600. The van der Waals surface area contributed by atoms with Crippen molar-refractivity contribution >= 4 is 17.6 Å². The predicted octanol–water partition coefficient (Wildman–Crippen LogP) is 1.90. The molecule has 1 fully saturated rings. The van der Waals surface area contributed by atoms with Crippen molar-refractivity contribution in [2.75, 3.05) is 24.6 Å². The highest BCUT2D eigenvalue weighted by molar-refractivity contribution is 6.28. The van der Waals surface area contributed by atoms with Crippen LogP contribution in [0.5, 0.6) is 5.75 Å². The number of hydrogen-bond donors (Lipinski definition) is 1. The van der Waals surface area contributed by atoms with E-state index >= 15 is 0 Å². The van der Waals surface area contributed by atoms with Gasteiger partial charge in [-0.15, -0.1) is 0 Å². The molecule has 9 heteroatoms. The Labute approximate surface area is 144 Å². The number of anilines is 1. The van der Waals surface area contributed by atoms with Crippen molar-refractivity contribution in [1.29, 1.82) is 0 Å². The topological polar surface area (TPSA) is 97.4 Å². The smallest absolute Gasteiger partial charge is 0.324 e. The van der Waals surface area contributed by atoms with E-state index in [0.29, 0.717) is 30.7 Å². The van der Waals surface area contributed by atoms with E-state index in [9.17, 15) is 5.11 Å². The van der Waals surface area contributed by atoms with Gasteiger partial charge in [-0.25, -0.2) is 9.97 Å². The third kappa shape index (κ3) is 3.93. The standard InChI is InChI=1S/C15H20ClN5O3/c1-9(2)13-19-15(24-20-13)21-4-3-10(12(22)7-21)8-23-11-5-17-14(16)18-6-11/h5-6,9-10,12,22H,3-4,7-8H2,1-2H3. The van der Waals surface area contributed by atoms with E-state index in [1.807, 2.05) is 18.7 Å². The van der Waals surface area contributed by atoms with Crippen LogP contribution in [0.4, 0.5) is 6.01 Å². The van der Waals surface area contributed by atoms with Crippen LogP contribution in [0.2, 0.25) is 5.28 Å². The molecule has 0 bridgehead atoms. The van der Waals surface area contributed by atoms with Gasteiger partial charge in [0.2, 0.25) is 5.28 Å². The molecule has 1 N–H and O–H groups in total. The Morgan fingerprint density at radius 2 is 2.17 bits per heavy atom. The van der Waals surface area contributed by atoms with Crippen LogP contribution in [0.25, 0.3) is 0 Å². The number of aliphatic hydroxyl groups excluding tert-OH is 1. The molecular weight excluding hydrogens is 334 g/mol. The number of ether oxygens (including phenoxy) is 1. The first kappa shape index (κ1) is 16.9. The second-order valence-electron chi connectivity index (χ2n) is 6.15. The molecule has 2 atom stereocenters. The van der Waals surface area contributed by atoms with Crippen LogP contribution in [0.1, 0.15) is 32.0 Å². The van der Waals surface area contributed by atoms with Gasteiger partial charge < -0.3 is 19.3 Å². The average molecular weight is 354 g/mol. The minimum Gasteiger partial charge on any atom is -0.490 e. The molecule has 3 heterocycles. The highest BCUT2D eigenvalue weighted by Crippen LogP contribution is 2.24. The Morgan fingerprint density at radius 3 is 2.79 bits per heavy atom. The molecule has 0 aromatic carbocycles. The third-order valence-corrected chi connectivity index (χ3v) is 4.20. The molecule has 0 amide bonds. The van der Waals surface area contributed by atoms with Crippen LogP contribution in [0, 0.1) is 5.92 Å². The summed E-state index contributed by atoms with van der Waals surface area (Å²) in [6, 6.07) is 0.461. The number of hydrogen-bond acceptors (Lipinski definition) is 8. The van der Waals surface area contributed by atoms with Gasteiger partial charge in [0.15, 0.2) is 11.6 Å². The number of rotatable bonds is 5. The highest BCUT2D eigenvalue weighted by atomic mass is 35.5. The van der Waals surface area contributed by atoms with Gasteiger partial charge in [0, 0.05) is 24.9 Å². The summed E-state index contributed by atoms with van der Waals surface area (Å²) in [6.07, 6.45) is 3.25. The molecule has 0 radical (unpaired) electrons. The molecule has 0 saturated carbocycles. The number of β-amino-alcohol motifs (C(OH)–C–C–N with tert-alkyl or cyclic N) is 1. The van der Waals surface area contributed by atoms with E-state index in [4.69, 9.17) is 20.9 Å². The van der Waals surface area contributed by atoms with Crippen LogP contribution >= 0.6 is 11.6 Å². The SMILES string of the molecule is CC(C)c1noc(N2CCC(COc3cnc(Cl)nc3)C(O)C2)n1. The monoisotopic (exact) mass is 353 g/mol. The van der Waals surface area contributed by atoms with Crippen molar-refractivity contribution in [2.24, 2.45) is 5.92 Å². The lowest BCUT2D eigenvalue weighted by molar-refractivity contribution is 0.0598. The second-order valence-corrected chi connectivity index (χ2v) is 6.49. The van der Waals surface area contributed by atoms with E-state index in [2.05, 4.69) is 20.1 Å². The van der Waals surface area contributed by atoms with Gasteiger partial charge in [0.25, 0.3) is 0 Å². The number of nitrogens with zero attached hydrogens (tertiary/aromatic N) is 5. The van der Waals surface area contributed by atoms with E-state index in [1.54, 1.807) is 0 Å². The first-order valence-corrected chi connectivity index (χ1v) is 8.27. The van der Waals surface area contributed by atoms with Gasteiger partial charge in [0.05, 0.1) is 25.1 Å². The summed E-state index contributed by atoms with van der Waals surface area (Å²) in [7, 11) is 0. The maximum Gasteiger partial charge on any atom is 0.324 e. The molecule has 8 nitrogen and oxygen atoms in total. The molecule has 3 rings (SSSR count). The van der Waals surface area contributed by atoms with Gasteiger partial charge in [-0.2, -0.15) is 4.98 Å². The van der Waals surface area contributed by atoms with Gasteiger partial charge in [-0.1, -0.05) is 19.0 Å². The van der Waals surface area contributed by atoms with E-state index in [1.165, 1.54) is 12.4 Å². The lowest BCUT2D eigenvalue weighted by atomic mass is 9.95. The lowest BCUT2D eigenvalue weighted by Gasteiger charge is -2.34. The van der Waals surface area contributed by atoms with Gasteiger partial charge in [0.1, 0.15) is 0 Å². The lowest BCUT2D eigenvalue weighted by Crippen LogP contribution is -2.46. The molecule has 130 valence electrons. The summed E-state index contributed by atoms with van der Waals surface area (Å²) < 4.78 is 10.9. The number of halogens is 1. The maximum absolute atomic E-state index is 10.4. The quantitative estimate of drug-likeness (QED) is 0.814. The zero-order chi connectivity index (χ0) is 17.1. The molecular formula is C15H20ClN5O3. The minimum absolute atomic E-state index is 0.0180. The van der Waals surface area contributed by atoms with Crippen molar-refractivity contribution in [1.82, 2.24) is 20.1 Å². The molecule has 2 unspecified atom stereocenters. The van der Waals surface area contributed by atoms with Crippen LogP contribution < -0.4 is 9.64 Å². The highest BCUT2D eigenvalue weighted by Gasteiger charge is 2.31. The van der Waals surface area contributed by atoms with Gasteiger partial charge in [-0.05, 0) is 18.0 Å². The molecule has 1 saturated heterocycles. The number of aliphatic hydroxyl groups is 1. The summed E-state index contributed by atoms with van der Waals surface area (Å²) in [4.78, 5) is 14.0. The molecule has 1 aliphatic rings. The summed E-state index contributed by atoms with van der Waals surface area (Å²) in [5, 5.41) is 14.5. The van der Waals surface area contributed by atoms with E-state index in [0.717, 1.165) is 13.0 Å². The van der Waals surface area contributed by atoms with Crippen molar-refractivity contribution < 1.29 is 14.4 Å². The first-order chi connectivity index (χ1) is 11.5. The number of piperidine rings is 1. The molecule has 2 aromatic heterocycles. The Bertz CT molecular complexity index is 663. The average Bonchev–Trinajstić information content (AvgIpc) is 3.05. The van der Waals surface area contributed by atoms with Crippen LogP contribution in [0.15, 0.2) is 16.9 Å². The van der Waals surface area contributed by atoms with Crippen molar-refractivity contribution in [3.8, 4) is 5.75 Å². The minimum atomic E-state index is -0.540. The zero-order valence-corrected chi connectivity index (χ0v) is 14.3. The Morgan fingerprint density at radius 1 is 1.42 bits per heavy atom. The van der Waals surface area contributed by atoms with Crippen molar-refractivity contribution in [2.45, 2.75) is 32.3 Å². The summed E-state index contributed by atoms with van der Waals surface area (Å²) in [5.74, 6) is 1.43. The Hall–Kier alpha value is -1.93. The molecule has 0 spiro atoms. The Kier molecular flexibility index (Phi) is 5.15. The Balaban J connectivity index is 1.53. The van der Waals surface area contributed by atoms with Crippen molar-refractivity contribution in [3.05, 3.63) is 23.5 Å². The first-order valence-electron chi connectivity index (χ1n) is 7.90. The zero-order valence-electron chi connectivity index (χ0n) is 13.6. The normalized spacial score (nSPS) is 21.3. The van der Waals surface area contributed by atoms with E-state index in [-0.39, 0.29) is 17.1 Å². The fourth-order valence-electron chi connectivity index (χ4n) is 2.52. The van der Waals surface area contributed by atoms with Crippen LogP contribution in [-0.4, -0.2) is 51.0 Å². The van der Waals surface area contributed by atoms with Crippen molar-refractivity contribution in [3.63, 3.8) is 0 Å². The van der Waals surface area contributed by atoms with Gasteiger partial charge in [-0.3, -0.25) is 0 Å². The van der Waals surface area contributed by atoms with Gasteiger partial charge >= 0.3 is 6.01 Å². The fourth-order valence-corrected chi connectivity index (χ4v) is 2.61. The molecule has 1 aliphatic heterocycles. The predicted molar refractivity (Wildman–Crippen MR) is 87.3 cm³/mol. The summed E-state index contributed by atoms with van der Waals surface area (Å²) in [6.45, 7) is 5.56. The molecule has 0 aliphatic carbocycles. The largest absolute Gasteiger partial charge is 0.490 e. The maximum atomic E-state index is 10.4.